The van der Waals surface area contributed by atoms with E-state index >= 15 is 0 Å². The van der Waals surface area contributed by atoms with Crippen LogP contribution in [-0.2, 0) is 14.8 Å². The quantitative estimate of drug-likeness (QED) is 0.649. The highest BCUT2D eigenvalue weighted by Crippen LogP contribution is 2.13. The van der Waals surface area contributed by atoms with Gasteiger partial charge in [-0.05, 0) is 37.3 Å². The van der Waals surface area contributed by atoms with E-state index in [4.69, 9.17) is 16.0 Å². The van der Waals surface area contributed by atoms with Crippen LogP contribution in [0.2, 0.25) is 5.02 Å². The van der Waals surface area contributed by atoms with Crippen molar-refractivity contribution in [3.63, 3.8) is 0 Å². The molecule has 8 nitrogen and oxygen atoms in total. The smallest absolute Gasteiger partial charge is 0.273 e. The van der Waals surface area contributed by atoms with E-state index in [1.807, 2.05) is 0 Å². The van der Waals surface area contributed by atoms with Gasteiger partial charge in [-0.25, -0.2) is 13.1 Å². The van der Waals surface area contributed by atoms with Crippen molar-refractivity contribution >= 4 is 33.4 Å². The fourth-order valence-corrected chi connectivity index (χ4v) is 3.03. The van der Waals surface area contributed by atoms with E-state index in [-0.39, 0.29) is 17.9 Å². The summed E-state index contributed by atoms with van der Waals surface area (Å²) in [5.41, 5.74) is 4.71. The third-order valence-corrected chi connectivity index (χ3v) is 4.92. The lowest BCUT2D eigenvalue weighted by molar-refractivity contribution is -0.121. The summed E-state index contributed by atoms with van der Waals surface area (Å²) in [6.45, 7) is 1.49. The summed E-state index contributed by atoms with van der Waals surface area (Å²) in [7, 11) is -3.73. The van der Waals surface area contributed by atoms with Gasteiger partial charge in [0.25, 0.3) is 5.91 Å². The number of aryl methyl sites for hydroxylation is 1. The monoisotopic (exact) mass is 385 g/mol. The predicted molar refractivity (Wildman–Crippen MR) is 90.3 cm³/mol. The molecule has 2 amide bonds. The number of hydrazine groups is 1. The van der Waals surface area contributed by atoms with Crippen molar-refractivity contribution in [3.05, 3.63) is 52.9 Å². The molecule has 0 unspecified atom stereocenters. The van der Waals surface area contributed by atoms with Crippen LogP contribution in [0.15, 0.2) is 45.9 Å². The predicted octanol–water partition coefficient (Wildman–Crippen LogP) is 1.37. The van der Waals surface area contributed by atoms with Gasteiger partial charge in [0.05, 0.1) is 16.7 Å². The van der Waals surface area contributed by atoms with Crippen LogP contribution in [0.5, 0.6) is 0 Å². The molecule has 0 aliphatic heterocycles. The average molecular weight is 386 g/mol. The molecule has 2 aromatic rings. The molecule has 25 heavy (non-hydrogen) atoms. The first kappa shape index (κ1) is 19.0. The zero-order valence-electron chi connectivity index (χ0n) is 13.2. The molecule has 0 bridgehead atoms. The lowest BCUT2D eigenvalue weighted by Gasteiger charge is -2.08. The van der Waals surface area contributed by atoms with E-state index in [0.29, 0.717) is 16.3 Å². The van der Waals surface area contributed by atoms with Gasteiger partial charge >= 0.3 is 0 Å². The van der Waals surface area contributed by atoms with Crippen LogP contribution in [0, 0.1) is 6.92 Å². The number of furan rings is 1. The molecule has 2 rings (SSSR count). The first-order chi connectivity index (χ1) is 11.8. The van der Waals surface area contributed by atoms with E-state index < -0.39 is 21.8 Å². The maximum Gasteiger partial charge on any atom is 0.273 e. The Bertz CT molecular complexity index is 862. The Kier molecular flexibility index (Phi) is 6.18. The molecular formula is C15H16ClN3O5S. The Morgan fingerprint density at radius 3 is 2.40 bits per heavy atom. The number of amides is 2. The van der Waals surface area contributed by atoms with E-state index in [0.717, 1.165) is 0 Å². The summed E-state index contributed by atoms with van der Waals surface area (Å²) in [6, 6.07) is 7.10. The molecule has 1 aromatic carbocycles. The second kappa shape index (κ2) is 8.15. The maximum absolute atomic E-state index is 12.0. The number of nitrogens with one attached hydrogen (secondary N) is 3. The highest BCUT2D eigenvalue weighted by Gasteiger charge is 2.15. The standard InChI is InChI=1S/C15H16ClN3O5S/c1-10-13(7-9-24-10)15(21)19-18-14(20)6-8-17-25(22,23)12-4-2-11(16)3-5-12/h2-5,7,9,17H,6,8H2,1H3,(H,18,20)(H,19,21). The molecule has 0 spiro atoms. The number of rotatable bonds is 6. The summed E-state index contributed by atoms with van der Waals surface area (Å²) in [6.07, 6.45) is 1.20. The number of sulfonamides is 1. The van der Waals surface area contributed by atoms with E-state index in [2.05, 4.69) is 15.6 Å². The highest BCUT2D eigenvalue weighted by atomic mass is 35.5. The van der Waals surface area contributed by atoms with E-state index in [1.165, 1.54) is 36.6 Å². The molecule has 0 saturated carbocycles. The van der Waals surface area contributed by atoms with Crippen LogP contribution in [0.1, 0.15) is 22.5 Å². The Labute approximate surface area is 149 Å². The van der Waals surface area contributed by atoms with Crippen LogP contribution in [0.3, 0.4) is 0 Å². The van der Waals surface area contributed by atoms with Crippen LogP contribution >= 0.6 is 11.6 Å². The number of carbonyl (C=O) groups excluding carboxylic acids is 2. The number of halogens is 1. The van der Waals surface area contributed by atoms with Gasteiger partial charge in [0.15, 0.2) is 0 Å². The topological polar surface area (TPSA) is 118 Å². The third kappa shape index (κ3) is 5.31. The van der Waals surface area contributed by atoms with Gasteiger partial charge in [-0.2, -0.15) is 0 Å². The first-order valence-corrected chi connectivity index (χ1v) is 9.04. The lowest BCUT2D eigenvalue weighted by Crippen LogP contribution is -2.42. The van der Waals surface area contributed by atoms with Gasteiger partial charge in [0, 0.05) is 18.0 Å². The lowest BCUT2D eigenvalue weighted by atomic mass is 10.2. The van der Waals surface area contributed by atoms with Gasteiger partial charge in [-0.15, -0.1) is 0 Å². The summed E-state index contributed by atoms with van der Waals surface area (Å²) in [4.78, 5) is 23.5. The Balaban J connectivity index is 1.77. The second-order valence-electron chi connectivity index (χ2n) is 4.99. The number of benzene rings is 1. The summed E-state index contributed by atoms with van der Waals surface area (Å²) < 4.78 is 31.3. The Hall–Kier alpha value is -2.36. The van der Waals surface area contributed by atoms with Gasteiger partial charge in [0.1, 0.15) is 5.76 Å². The zero-order valence-corrected chi connectivity index (χ0v) is 14.8. The van der Waals surface area contributed by atoms with Crippen molar-refractivity contribution in [2.24, 2.45) is 0 Å². The molecule has 0 fully saturated rings. The normalized spacial score (nSPS) is 11.1. The first-order valence-electron chi connectivity index (χ1n) is 7.18. The average Bonchev–Trinajstić information content (AvgIpc) is 2.99. The van der Waals surface area contributed by atoms with Gasteiger partial charge in [-0.1, -0.05) is 11.6 Å². The van der Waals surface area contributed by atoms with Crippen LogP contribution in [0.25, 0.3) is 0 Å². The SMILES string of the molecule is Cc1occc1C(=O)NNC(=O)CCNS(=O)(=O)c1ccc(Cl)cc1. The molecule has 0 saturated heterocycles. The fourth-order valence-electron chi connectivity index (χ4n) is 1.87. The minimum Gasteiger partial charge on any atom is -0.469 e. The van der Waals surface area contributed by atoms with Crippen molar-refractivity contribution < 1.29 is 22.4 Å². The molecule has 3 N–H and O–H groups in total. The van der Waals surface area contributed by atoms with Crippen molar-refractivity contribution in [2.45, 2.75) is 18.2 Å². The Morgan fingerprint density at radius 2 is 1.80 bits per heavy atom. The van der Waals surface area contributed by atoms with Crippen molar-refractivity contribution in [2.75, 3.05) is 6.54 Å². The minimum atomic E-state index is -3.73. The summed E-state index contributed by atoms with van der Waals surface area (Å²) >= 11 is 5.71. The molecule has 10 heteroatoms. The highest BCUT2D eigenvalue weighted by molar-refractivity contribution is 7.89. The van der Waals surface area contributed by atoms with Gasteiger partial charge in [-0.3, -0.25) is 20.4 Å². The van der Waals surface area contributed by atoms with Crippen LogP contribution in [0.4, 0.5) is 0 Å². The largest absolute Gasteiger partial charge is 0.469 e. The molecule has 0 atom stereocenters. The summed E-state index contributed by atoms with van der Waals surface area (Å²) in [5.74, 6) is -0.655. The molecular weight excluding hydrogens is 370 g/mol. The van der Waals surface area contributed by atoms with E-state index in [1.54, 1.807) is 6.92 Å². The molecule has 134 valence electrons. The third-order valence-electron chi connectivity index (χ3n) is 3.19. The fraction of sp³-hybridized carbons (Fsp3) is 0.200. The molecule has 0 radical (unpaired) electrons. The van der Waals surface area contributed by atoms with Crippen molar-refractivity contribution in [3.8, 4) is 0 Å². The number of carbonyl (C=O) groups is 2. The zero-order chi connectivity index (χ0) is 18.4. The Morgan fingerprint density at radius 1 is 1.12 bits per heavy atom. The molecule has 1 aromatic heterocycles. The second-order valence-corrected chi connectivity index (χ2v) is 7.20. The van der Waals surface area contributed by atoms with E-state index in [9.17, 15) is 18.0 Å². The number of hydrogen-bond donors (Lipinski definition) is 3. The molecule has 1 heterocycles. The van der Waals surface area contributed by atoms with Crippen LogP contribution < -0.4 is 15.6 Å². The van der Waals surface area contributed by atoms with Crippen molar-refractivity contribution in [1.29, 1.82) is 0 Å². The molecule has 0 aliphatic rings. The summed E-state index contributed by atoms with van der Waals surface area (Å²) in [5, 5.41) is 0.418. The van der Waals surface area contributed by atoms with Gasteiger partial charge in [0.2, 0.25) is 15.9 Å². The van der Waals surface area contributed by atoms with Crippen LogP contribution in [-0.4, -0.2) is 26.8 Å². The van der Waals surface area contributed by atoms with Gasteiger partial charge < -0.3 is 4.42 Å². The molecule has 0 aliphatic carbocycles. The van der Waals surface area contributed by atoms with Crippen molar-refractivity contribution in [1.82, 2.24) is 15.6 Å². The maximum atomic E-state index is 12.0. The minimum absolute atomic E-state index is 0.0426. The number of hydrogen-bond acceptors (Lipinski definition) is 5.